The van der Waals surface area contributed by atoms with Crippen LogP contribution in [0.4, 0.5) is 23.2 Å². The molecule has 0 radical (unpaired) electrons. The summed E-state index contributed by atoms with van der Waals surface area (Å²) in [5.74, 6) is -6.13. The molecule has 0 bridgehead atoms. The van der Waals surface area contributed by atoms with E-state index < -0.39 is 40.2 Å². The van der Waals surface area contributed by atoms with Gasteiger partial charge >= 0.3 is 0 Å². The second kappa shape index (κ2) is 4.72. The van der Waals surface area contributed by atoms with Crippen molar-refractivity contribution in [2.24, 2.45) is 0 Å². The van der Waals surface area contributed by atoms with Gasteiger partial charge in [-0.1, -0.05) is 0 Å². The summed E-state index contributed by atoms with van der Waals surface area (Å²) in [5.41, 5.74) is 4.17. The Morgan fingerprint density at radius 1 is 0.789 bits per heavy atom. The lowest BCUT2D eigenvalue weighted by molar-refractivity contribution is 0.103. The highest BCUT2D eigenvalue weighted by Gasteiger charge is 2.20. The van der Waals surface area contributed by atoms with Crippen molar-refractivity contribution in [2.45, 2.75) is 0 Å². The van der Waals surface area contributed by atoms with Gasteiger partial charge in [-0.2, -0.15) is 0 Å². The van der Waals surface area contributed by atoms with Crippen molar-refractivity contribution in [3.05, 3.63) is 64.7 Å². The van der Waals surface area contributed by atoms with Crippen LogP contribution in [0.1, 0.15) is 15.9 Å². The molecular formula is C13H7F4NO. The zero-order valence-corrected chi connectivity index (χ0v) is 9.38. The largest absolute Gasteiger partial charge is 0.399 e. The summed E-state index contributed by atoms with van der Waals surface area (Å²) in [5, 5.41) is 0. The van der Waals surface area contributed by atoms with Crippen LogP contribution in [-0.2, 0) is 0 Å². The molecule has 19 heavy (non-hydrogen) atoms. The molecule has 2 rings (SSSR count). The van der Waals surface area contributed by atoms with Gasteiger partial charge in [0.1, 0.15) is 11.6 Å². The summed E-state index contributed by atoms with van der Waals surface area (Å²) in [6.45, 7) is 0. The number of nitrogens with two attached hydrogens (primary N) is 1. The minimum Gasteiger partial charge on any atom is -0.399 e. The zero-order chi connectivity index (χ0) is 14.2. The zero-order valence-electron chi connectivity index (χ0n) is 9.38. The van der Waals surface area contributed by atoms with Gasteiger partial charge in [-0.15, -0.1) is 0 Å². The Bertz CT molecular complexity index is 670. The molecule has 2 N–H and O–H groups in total. The van der Waals surface area contributed by atoms with Gasteiger partial charge in [0.2, 0.25) is 0 Å². The van der Waals surface area contributed by atoms with Gasteiger partial charge in [-0.05, 0) is 24.3 Å². The Balaban J connectivity index is 2.53. The number of benzene rings is 2. The number of nitrogen functional groups attached to an aromatic ring is 1. The molecule has 2 aromatic carbocycles. The second-order valence-electron chi connectivity index (χ2n) is 3.81. The molecule has 0 spiro atoms. The van der Waals surface area contributed by atoms with Crippen molar-refractivity contribution in [3.63, 3.8) is 0 Å². The van der Waals surface area contributed by atoms with E-state index in [0.29, 0.717) is 6.07 Å². The van der Waals surface area contributed by atoms with E-state index in [4.69, 9.17) is 5.73 Å². The summed E-state index contributed by atoms with van der Waals surface area (Å²) in [4.78, 5) is 11.9. The van der Waals surface area contributed by atoms with E-state index in [0.717, 1.165) is 12.1 Å². The van der Waals surface area contributed by atoms with Crippen LogP contribution in [0.5, 0.6) is 0 Å². The standard InChI is InChI=1S/C13H7F4NO/c14-9-3-6(18)1-2-7(9)13(19)8-4-11(16)12(17)5-10(8)15/h1-5H,18H2. The lowest BCUT2D eigenvalue weighted by atomic mass is 10.0. The average molecular weight is 269 g/mol. The fourth-order valence-corrected chi connectivity index (χ4v) is 1.56. The molecule has 2 nitrogen and oxygen atoms in total. The smallest absolute Gasteiger partial charge is 0.199 e. The van der Waals surface area contributed by atoms with Crippen LogP contribution in [0.25, 0.3) is 0 Å². The van der Waals surface area contributed by atoms with E-state index in [2.05, 4.69) is 0 Å². The van der Waals surface area contributed by atoms with Crippen molar-refractivity contribution in [1.82, 2.24) is 0 Å². The Morgan fingerprint density at radius 2 is 1.37 bits per heavy atom. The summed E-state index contributed by atoms with van der Waals surface area (Å²) < 4.78 is 52.6. The Kier molecular flexibility index (Phi) is 3.25. The molecule has 0 aromatic heterocycles. The number of ketones is 1. The molecule has 0 saturated heterocycles. The molecule has 0 aliphatic rings. The fourth-order valence-electron chi connectivity index (χ4n) is 1.56. The van der Waals surface area contributed by atoms with Crippen molar-refractivity contribution in [3.8, 4) is 0 Å². The maximum atomic E-state index is 13.5. The van der Waals surface area contributed by atoms with Crippen LogP contribution < -0.4 is 5.73 Å². The van der Waals surface area contributed by atoms with Crippen molar-refractivity contribution >= 4 is 11.5 Å². The Morgan fingerprint density at radius 3 is 2.00 bits per heavy atom. The van der Waals surface area contributed by atoms with Crippen molar-refractivity contribution < 1.29 is 22.4 Å². The maximum Gasteiger partial charge on any atom is 0.199 e. The number of carbonyl (C=O) groups excluding carboxylic acids is 1. The number of hydrogen-bond acceptors (Lipinski definition) is 2. The molecule has 0 unspecified atom stereocenters. The number of halogens is 4. The van der Waals surface area contributed by atoms with E-state index in [-0.39, 0.29) is 11.8 Å². The molecule has 0 heterocycles. The van der Waals surface area contributed by atoms with E-state index in [1.165, 1.54) is 6.07 Å². The Labute approximate surface area is 105 Å². The lowest BCUT2D eigenvalue weighted by Crippen LogP contribution is -2.08. The lowest BCUT2D eigenvalue weighted by Gasteiger charge is -2.05. The van der Waals surface area contributed by atoms with Crippen LogP contribution in [0.2, 0.25) is 0 Å². The number of rotatable bonds is 2. The molecule has 6 heteroatoms. The molecule has 0 aliphatic heterocycles. The first-order valence-corrected chi connectivity index (χ1v) is 5.14. The van der Waals surface area contributed by atoms with Crippen LogP contribution in [0.3, 0.4) is 0 Å². The highest BCUT2D eigenvalue weighted by atomic mass is 19.2. The molecule has 0 fully saturated rings. The molecule has 0 amide bonds. The van der Waals surface area contributed by atoms with Gasteiger partial charge in [0.15, 0.2) is 17.4 Å². The van der Waals surface area contributed by atoms with Crippen LogP contribution >= 0.6 is 0 Å². The third kappa shape index (κ3) is 2.42. The number of hydrogen-bond donors (Lipinski definition) is 1. The van der Waals surface area contributed by atoms with Crippen LogP contribution in [0.15, 0.2) is 30.3 Å². The van der Waals surface area contributed by atoms with Crippen molar-refractivity contribution in [2.75, 3.05) is 5.73 Å². The minimum absolute atomic E-state index is 0.0832. The van der Waals surface area contributed by atoms with E-state index in [1.807, 2.05) is 0 Å². The van der Waals surface area contributed by atoms with Gasteiger partial charge < -0.3 is 5.73 Å². The maximum absolute atomic E-state index is 13.5. The van der Waals surface area contributed by atoms with Crippen LogP contribution in [0, 0.1) is 23.3 Å². The quantitative estimate of drug-likeness (QED) is 0.394. The molecule has 0 saturated carbocycles. The first kappa shape index (κ1) is 13.1. The van der Waals surface area contributed by atoms with Crippen LogP contribution in [-0.4, -0.2) is 5.78 Å². The molecular weight excluding hydrogens is 262 g/mol. The minimum atomic E-state index is -1.42. The highest BCUT2D eigenvalue weighted by Crippen LogP contribution is 2.20. The third-order valence-electron chi connectivity index (χ3n) is 2.49. The SMILES string of the molecule is Nc1ccc(C(=O)c2cc(F)c(F)cc2F)c(F)c1. The van der Waals surface area contributed by atoms with Gasteiger partial charge in [0.25, 0.3) is 0 Å². The Hall–Kier alpha value is -2.37. The van der Waals surface area contributed by atoms with Gasteiger partial charge in [-0.25, -0.2) is 17.6 Å². The fraction of sp³-hybridized carbons (Fsp3) is 0. The highest BCUT2D eigenvalue weighted by molar-refractivity contribution is 6.09. The normalized spacial score (nSPS) is 10.5. The third-order valence-corrected chi connectivity index (χ3v) is 2.49. The molecule has 2 aromatic rings. The molecule has 0 aliphatic carbocycles. The summed E-state index contributed by atoms with van der Waals surface area (Å²) in [6.07, 6.45) is 0. The van der Waals surface area contributed by atoms with E-state index >= 15 is 0 Å². The second-order valence-corrected chi connectivity index (χ2v) is 3.81. The number of anilines is 1. The summed E-state index contributed by atoms with van der Waals surface area (Å²) in [6, 6.07) is 3.80. The first-order valence-electron chi connectivity index (χ1n) is 5.14. The molecule has 98 valence electrons. The molecule has 0 atom stereocenters. The van der Waals surface area contributed by atoms with E-state index in [9.17, 15) is 22.4 Å². The summed E-state index contributed by atoms with van der Waals surface area (Å²) in [7, 11) is 0. The van der Waals surface area contributed by atoms with Gasteiger partial charge in [-0.3, -0.25) is 4.79 Å². The summed E-state index contributed by atoms with van der Waals surface area (Å²) >= 11 is 0. The van der Waals surface area contributed by atoms with Gasteiger partial charge in [0.05, 0.1) is 11.1 Å². The number of carbonyl (C=O) groups is 1. The first-order chi connectivity index (χ1) is 8.90. The van der Waals surface area contributed by atoms with Crippen molar-refractivity contribution in [1.29, 1.82) is 0 Å². The van der Waals surface area contributed by atoms with E-state index in [1.54, 1.807) is 0 Å². The monoisotopic (exact) mass is 269 g/mol. The predicted molar refractivity (Wildman–Crippen MR) is 60.6 cm³/mol. The van der Waals surface area contributed by atoms with Gasteiger partial charge in [0, 0.05) is 11.8 Å². The topological polar surface area (TPSA) is 43.1 Å². The average Bonchev–Trinajstić information content (AvgIpc) is 2.33. The predicted octanol–water partition coefficient (Wildman–Crippen LogP) is 3.06.